The zero-order valence-electron chi connectivity index (χ0n) is 6.50. The van der Waals surface area contributed by atoms with Crippen LogP contribution >= 0.6 is 11.3 Å². The quantitative estimate of drug-likeness (QED) is 0.695. The van der Waals surface area contributed by atoms with Gasteiger partial charge in [-0.05, 0) is 26.2 Å². The van der Waals surface area contributed by atoms with Crippen LogP contribution in [0.25, 0.3) is 0 Å². The maximum absolute atomic E-state index is 9.84. The third kappa shape index (κ3) is 1.08. The standard InChI is InChI=1S/C8H11NOS/c1-6-5-9-7(11-6)8(10)3-2-4-8/h5,10H,2-4H2,1H3. The molecule has 0 amide bonds. The molecule has 0 atom stereocenters. The van der Waals surface area contributed by atoms with Crippen LogP contribution in [0.5, 0.6) is 0 Å². The van der Waals surface area contributed by atoms with Crippen LogP contribution in [0.15, 0.2) is 6.20 Å². The van der Waals surface area contributed by atoms with E-state index in [0.29, 0.717) is 0 Å². The molecule has 60 valence electrons. The van der Waals surface area contributed by atoms with Crippen LogP contribution in [0.4, 0.5) is 0 Å². The van der Waals surface area contributed by atoms with E-state index in [9.17, 15) is 5.11 Å². The van der Waals surface area contributed by atoms with Crippen LogP contribution in [0.2, 0.25) is 0 Å². The molecule has 0 aromatic carbocycles. The molecular formula is C8H11NOS. The Morgan fingerprint density at radius 1 is 1.64 bits per heavy atom. The molecule has 2 rings (SSSR count). The van der Waals surface area contributed by atoms with Crippen LogP contribution in [0.1, 0.15) is 29.1 Å². The zero-order valence-corrected chi connectivity index (χ0v) is 7.32. The summed E-state index contributed by atoms with van der Waals surface area (Å²) in [5.74, 6) is 0. The highest BCUT2D eigenvalue weighted by atomic mass is 32.1. The third-order valence-electron chi connectivity index (χ3n) is 2.20. The smallest absolute Gasteiger partial charge is 0.125 e. The lowest BCUT2D eigenvalue weighted by Gasteiger charge is -2.34. The molecular weight excluding hydrogens is 158 g/mol. The van der Waals surface area contributed by atoms with E-state index in [4.69, 9.17) is 0 Å². The van der Waals surface area contributed by atoms with Gasteiger partial charge in [0.05, 0.1) is 0 Å². The van der Waals surface area contributed by atoms with Crippen molar-refractivity contribution in [2.45, 2.75) is 31.8 Å². The van der Waals surface area contributed by atoms with E-state index in [2.05, 4.69) is 4.98 Å². The maximum atomic E-state index is 9.84. The Labute approximate surface area is 69.9 Å². The number of thiazole rings is 1. The van der Waals surface area contributed by atoms with E-state index >= 15 is 0 Å². The summed E-state index contributed by atoms with van der Waals surface area (Å²) in [7, 11) is 0. The van der Waals surface area contributed by atoms with Crippen molar-refractivity contribution < 1.29 is 5.11 Å². The Morgan fingerprint density at radius 3 is 2.73 bits per heavy atom. The maximum Gasteiger partial charge on any atom is 0.125 e. The lowest BCUT2D eigenvalue weighted by molar-refractivity contribution is -0.0389. The molecule has 1 aromatic rings. The van der Waals surface area contributed by atoms with Gasteiger partial charge in [0.25, 0.3) is 0 Å². The van der Waals surface area contributed by atoms with E-state index in [1.165, 1.54) is 4.88 Å². The molecule has 2 nitrogen and oxygen atoms in total. The molecule has 3 heteroatoms. The summed E-state index contributed by atoms with van der Waals surface area (Å²) in [6.45, 7) is 2.02. The second kappa shape index (κ2) is 2.29. The SMILES string of the molecule is Cc1cnc(C2(O)CCC2)s1. The molecule has 0 bridgehead atoms. The fourth-order valence-corrected chi connectivity index (χ4v) is 2.21. The molecule has 1 saturated carbocycles. The van der Waals surface area contributed by atoms with Crippen molar-refractivity contribution in [2.24, 2.45) is 0 Å². The number of hydrogen-bond donors (Lipinski definition) is 1. The first-order valence-corrected chi connectivity index (χ1v) is 4.68. The molecule has 1 aliphatic carbocycles. The summed E-state index contributed by atoms with van der Waals surface area (Å²) < 4.78 is 0. The minimum atomic E-state index is -0.557. The first kappa shape index (κ1) is 7.25. The largest absolute Gasteiger partial charge is 0.383 e. The minimum absolute atomic E-state index is 0.557. The Morgan fingerprint density at radius 2 is 2.36 bits per heavy atom. The van der Waals surface area contributed by atoms with E-state index < -0.39 is 5.60 Å². The normalized spacial score (nSPS) is 21.3. The van der Waals surface area contributed by atoms with Gasteiger partial charge in [-0.1, -0.05) is 0 Å². The van der Waals surface area contributed by atoms with E-state index in [1.54, 1.807) is 11.3 Å². The van der Waals surface area contributed by atoms with Crippen LogP contribution in [-0.2, 0) is 5.60 Å². The van der Waals surface area contributed by atoms with Gasteiger partial charge in [0.1, 0.15) is 10.6 Å². The predicted octanol–water partition coefficient (Wildman–Crippen LogP) is 1.82. The summed E-state index contributed by atoms with van der Waals surface area (Å²) in [4.78, 5) is 5.36. The van der Waals surface area contributed by atoms with Gasteiger partial charge in [0, 0.05) is 11.1 Å². The molecule has 0 aliphatic heterocycles. The number of hydrogen-bond acceptors (Lipinski definition) is 3. The van der Waals surface area contributed by atoms with Gasteiger partial charge >= 0.3 is 0 Å². The first-order chi connectivity index (χ1) is 5.21. The van der Waals surface area contributed by atoms with Crippen molar-refractivity contribution in [3.63, 3.8) is 0 Å². The fourth-order valence-electron chi connectivity index (χ4n) is 1.30. The highest BCUT2D eigenvalue weighted by molar-refractivity contribution is 7.11. The first-order valence-electron chi connectivity index (χ1n) is 3.86. The van der Waals surface area contributed by atoms with Crippen LogP contribution in [-0.4, -0.2) is 10.1 Å². The second-order valence-electron chi connectivity index (χ2n) is 3.16. The van der Waals surface area contributed by atoms with E-state index in [1.807, 2.05) is 13.1 Å². The summed E-state index contributed by atoms with van der Waals surface area (Å²) in [6, 6.07) is 0. The fraction of sp³-hybridized carbons (Fsp3) is 0.625. The molecule has 0 radical (unpaired) electrons. The van der Waals surface area contributed by atoms with Gasteiger partial charge < -0.3 is 5.11 Å². The molecule has 11 heavy (non-hydrogen) atoms. The molecule has 1 aromatic heterocycles. The van der Waals surface area contributed by atoms with Crippen LogP contribution < -0.4 is 0 Å². The average molecular weight is 169 g/mol. The number of aryl methyl sites for hydroxylation is 1. The Bertz CT molecular complexity index is 265. The predicted molar refractivity (Wildman–Crippen MR) is 44.6 cm³/mol. The monoisotopic (exact) mass is 169 g/mol. The molecule has 1 fully saturated rings. The van der Waals surface area contributed by atoms with Crippen molar-refractivity contribution in [3.05, 3.63) is 16.1 Å². The molecule has 1 N–H and O–H groups in total. The van der Waals surface area contributed by atoms with E-state index in [-0.39, 0.29) is 0 Å². The van der Waals surface area contributed by atoms with Crippen molar-refractivity contribution in [1.82, 2.24) is 4.98 Å². The highest BCUT2D eigenvalue weighted by Gasteiger charge is 2.38. The summed E-state index contributed by atoms with van der Waals surface area (Å²) in [5, 5.41) is 10.7. The van der Waals surface area contributed by atoms with Crippen molar-refractivity contribution in [2.75, 3.05) is 0 Å². The number of rotatable bonds is 1. The number of aromatic nitrogens is 1. The van der Waals surface area contributed by atoms with Crippen molar-refractivity contribution in [1.29, 1.82) is 0 Å². The highest BCUT2D eigenvalue weighted by Crippen LogP contribution is 2.42. The lowest BCUT2D eigenvalue weighted by Crippen LogP contribution is -2.33. The van der Waals surface area contributed by atoms with E-state index in [0.717, 1.165) is 24.3 Å². The molecule has 1 heterocycles. The number of aliphatic hydroxyl groups is 1. The topological polar surface area (TPSA) is 33.1 Å². The van der Waals surface area contributed by atoms with Gasteiger partial charge in [-0.2, -0.15) is 0 Å². The van der Waals surface area contributed by atoms with Crippen molar-refractivity contribution in [3.8, 4) is 0 Å². The third-order valence-corrected chi connectivity index (χ3v) is 3.31. The van der Waals surface area contributed by atoms with Gasteiger partial charge in [0.2, 0.25) is 0 Å². The molecule has 1 aliphatic rings. The molecule has 0 unspecified atom stereocenters. The lowest BCUT2D eigenvalue weighted by atomic mass is 9.81. The molecule has 0 saturated heterocycles. The van der Waals surface area contributed by atoms with Crippen LogP contribution in [0.3, 0.4) is 0 Å². The zero-order chi connectivity index (χ0) is 7.90. The minimum Gasteiger partial charge on any atom is -0.383 e. The van der Waals surface area contributed by atoms with Gasteiger partial charge in [0.15, 0.2) is 0 Å². The second-order valence-corrected chi connectivity index (χ2v) is 4.40. The Balaban J connectivity index is 2.28. The van der Waals surface area contributed by atoms with Crippen LogP contribution in [0, 0.1) is 6.92 Å². The van der Waals surface area contributed by atoms with Gasteiger partial charge in [-0.3, -0.25) is 0 Å². The number of nitrogens with zero attached hydrogens (tertiary/aromatic N) is 1. The Kier molecular flexibility index (Phi) is 1.51. The Hall–Kier alpha value is -0.410. The summed E-state index contributed by atoms with van der Waals surface area (Å²) in [5.41, 5.74) is -0.557. The summed E-state index contributed by atoms with van der Waals surface area (Å²) >= 11 is 1.61. The average Bonchev–Trinajstić information content (AvgIpc) is 2.31. The summed E-state index contributed by atoms with van der Waals surface area (Å²) in [6.07, 6.45) is 4.74. The van der Waals surface area contributed by atoms with Crippen molar-refractivity contribution >= 4 is 11.3 Å². The molecule has 0 spiro atoms. The van der Waals surface area contributed by atoms with Gasteiger partial charge in [-0.25, -0.2) is 4.98 Å². The van der Waals surface area contributed by atoms with Gasteiger partial charge in [-0.15, -0.1) is 11.3 Å².